The summed E-state index contributed by atoms with van der Waals surface area (Å²) in [6.45, 7) is 6.30. The summed E-state index contributed by atoms with van der Waals surface area (Å²) < 4.78 is 7.49. The SMILES string of the molecule is CCn1nc(C)cc1-c1nnc(CCC(=O)NCCCN(C)C)o1. The summed E-state index contributed by atoms with van der Waals surface area (Å²) in [6.07, 6.45) is 1.71. The fourth-order valence-corrected chi connectivity index (χ4v) is 2.35. The van der Waals surface area contributed by atoms with Gasteiger partial charge in [0.25, 0.3) is 5.89 Å². The lowest BCUT2D eigenvalue weighted by Gasteiger charge is -2.09. The van der Waals surface area contributed by atoms with Gasteiger partial charge in [-0.3, -0.25) is 9.48 Å². The van der Waals surface area contributed by atoms with Gasteiger partial charge in [0.2, 0.25) is 11.8 Å². The van der Waals surface area contributed by atoms with Gasteiger partial charge in [0.1, 0.15) is 5.69 Å². The highest BCUT2D eigenvalue weighted by Crippen LogP contribution is 2.19. The molecule has 8 heteroatoms. The van der Waals surface area contributed by atoms with Crippen LogP contribution in [-0.2, 0) is 17.8 Å². The van der Waals surface area contributed by atoms with Crippen molar-refractivity contribution in [3.8, 4) is 11.6 Å². The van der Waals surface area contributed by atoms with E-state index in [2.05, 4.69) is 25.5 Å². The highest BCUT2D eigenvalue weighted by molar-refractivity contribution is 5.75. The van der Waals surface area contributed by atoms with Crippen LogP contribution in [0.1, 0.15) is 31.4 Å². The molecule has 0 aliphatic heterocycles. The maximum Gasteiger partial charge on any atom is 0.265 e. The maximum absolute atomic E-state index is 11.8. The van der Waals surface area contributed by atoms with Gasteiger partial charge in [-0.05, 0) is 47.0 Å². The second kappa shape index (κ2) is 8.58. The summed E-state index contributed by atoms with van der Waals surface area (Å²) in [5.41, 5.74) is 1.71. The molecule has 0 aliphatic carbocycles. The van der Waals surface area contributed by atoms with E-state index < -0.39 is 0 Å². The number of amides is 1. The van der Waals surface area contributed by atoms with E-state index in [1.54, 1.807) is 0 Å². The summed E-state index contributed by atoms with van der Waals surface area (Å²) in [4.78, 5) is 13.9. The van der Waals surface area contributed by atoms with E-state index in [1.807, 2.05) is 38.7 Å². The second-order valence-electron chi connectivity index (χ2n) is 5.99. The van der Waals surface area contributed by atoms with Crippen molar-refractivity contribution in [3.05, 3.63) is 17.7 Å². The molecule has 8 nitrogen and oxygen atoms in total. The van der Waals surface area contributed by atoms with Gasteiger partial charge in [0, 0.05) is 25.9 Å². The predicted molar refractivity (Wildman–Crippen MR) is 90.4 cm³/mol. The Morgan fingerprint density at radius 1 is 1.38 bits per heavy atom. The Hall–Kier alpha value is -2.22. The van der Waals surface area contributed by atoms with Crippen molar-refractivity contribution >= 4 is 5.91 Å². The first-order valence-electron chi connectivity index (χ1n) is 8.28. The van der Waals surface area contributed by atoms with Crippen LogP contribution in [0.2, 0.25) is 0 Å². The van der Waals surface area contributed by atoms with Crippen LogP contribution < -0.4 is 5.32 Å². The minimum absolute atomic E-state index is 0.00273. The van der Waals surface area contributed by atoms with E-state index in [0.29, 0.717) is 31.2 Å². The highest BCUT2D eigenvalue weighted by Gasteiger charge is 2.15. The van der Waals surface area contributed by atoms with Crippen molar-refractivity contribution in [1.82, 2.24) is 30.2 Å². The average Bonchev–Trinajstić information content (AvgIpc) is 3.15. The third-order valence-electron chi connectivity index (χ3n) is 3.56. The van der Waals surface area contributed by atoms with Gasteiger partial charge in [0.15, 0.2) is 0 Å². The monoisotopic (exact) mass is 334 g/mol. The number of carbonyl (C=O) groups excluding carboxylic acids is 1. The van der Waals surface area contributed by atoms with Crippen molar-refractivity contribution in [3.63, 3.8) is 0 Å². The molecular formula is C16H26N6O2. The van der Waals surface area contributed by atoms with Gasteiger partial charge in [-0.15, -0.1) is 10.2 Å². The summed E-state index contributed by atoms with van der Waals surface area (Å²) in [5, 5.41) is 15.4. The predicted octanol–water partition coefficient (Wildman–Crippen LogP) is 1.26. The number of rotatable bonds is 9. The Labute approximate surface area is 142 Å². The topological polar surface area (TPSA) is 89.1 Å². The first kappa shape index (κ1) is 18.1. The molecule has 0 radical (unpaired) electrons. The van der Waals surface area contributed by atoms with Gasteiger partial charge in [-0.25, -0.2) is 0 Å². The van der Waals surface area contributed by atoms with E-state index in [-0.39, 0.29) is 5.91 Å². The zero-order valence-corrected chi connectivity index (χ0v) is 14.9. The Morgan fingerprint density at radius 3 is 2.88 bits per heavy atom. The fourth-order valence-electron chi connectivity index (χ4n) is 2.35. The van der Waals surface area contributed by atoms with Gasteiger partial charge in [-0.2, -0.15) is 5.10 Å². The van der Waals surface area contributed by atoms with Crippen LogP contribution in [-0.4, -0.2) is 58.0 Å². The van der Waals surface area contributed by atoms with Gasteiger partial charge in [-0.1, -0.05) is 0 Å². The second-order valence-corrected chi connectivity index (χ2v) is 5.99. The molecule has 2 rings (SSSR count). The molecule has 0 atom stereocenters. The molecule has 0 aliphatic rings. The fraction of sp³-hybridized carbons (Fsp3) is 0.625. The zero-order chi connectivity index (χ0) is 17.5. The first-order valence-corrected chi connectivity index (χ1v) is 8.28. The number of nitrogens with zero attached hydrogens (tertiary/aromatic N) is 5. The van der Waals surface area contributed by atoms with Crippen LogP contribution >= 0.6 is 0 Å². The van der Waals surface area contributed by atoms with Gasteiger partial charge < -0.3 is 14.6 Å². The summed E-state index contributed by atoms with van der Waals surface area (Å²) in [5.74, 6) is 0.914. The smallest absolute Gasteiger partial charge is 0.265 e. The van der Waals surface area contributed by atoms with Crippen LogP contribution in [0.15, 0.2) is 10.5 Å². The lowest BCUT2D eigenvalue weighted by molar-refractivity contribution is -0.121. The van der Waals surface area contributed by atoms with Crippen LogP contribution in [0.25, 0.3) is 11.6 Å². The summed E-state index contributed by atoms with van der Waals surface area (Å²) >= 11 is 0. The zero-order valence-electron chi connectivity index (χ0n) is 14.9. The molecule has 0 saturated carbocycles. The standard InChI is InChI=1S/C16H26N6O2/c1-5-22-13(11-12(2)20-22)16-19-18-15(24-16)8-7-14(23)17-9-6-10-21(3)4/h11H,5-10H2,1-4H3,(H,17,23). The number of carbonyl (C=O) groups is 1. The van der Waals surface area contributed by atoms with Crippen molar-refractivity contribution in [2.75, 3.05) is 27.2 Å². The van der Waals surface area contributed by atoms with Crippen molar-refractivity contribution in [1.29, 1.82) is 0 Å². The molecule has 0 saturated heterocycles. The Kier molecular flexibility index (Phi) is 6.48. The normalized spacial score (nSPS) is 11.2. The Bertz CT molecular complexity index is 661. The molecule has 1 amide bonds. The molecular weight excluding hydrogens is 308 g/mol. The Morgan fingerprint density at radius 2 is 2.17 bits per heavy atom. The minimum atomic E-state index is 0.00273. The molecule has 0 unspecified atom stereocenters. The number of aryl methyl sites for hydroxylation is 3. The van der Waals surface area contributed by atoms with E-state index >= 15 is 0 Å². The lowest BCUT2D eigenvalue weighted by atomic mass is 10.3. The van der Waals surface area contributed by atoms with Crippen molar-refractivity contribution < 1.29 is 9.21 Å². The number of hydrogen-bond acceptors (Lipinski definition) is 6. The number of nitrogens with one attached hydrogen (secondary N) is 1. The van der Waals surface area contributed by atoms with Crippen LogP contribution in [0.5, 0.6) is 0 Å². The highest BCUT2D eigenvalue weighted by atomic mass is 16.4. The van der Waals surface area contributed by atoms with Crippen molar-refractivity contribution in [2.45, 2.75) is 39.7 Å². The largest absolute Gasteiger partial charge is 0.419 e. The lowest BCUT2D eigenvalue weighted by Crippen LogP contribution is -2.27. The summed E-state index contributed by atoms with van der Waals surface area (Å²) in [6, 6.07) is 1.91. The maximum atomic E-state index is 11.8. The molecule has 0 fully saturated rings. The molecule has 0 spiro atoms. The van der Waals surface area contributed by atoms with E-state index in [4.69, 9.17) is 4.42 Å². The molecule has 1 N–H and O–H groups in total. The molecule has 24 heavy (non-hydrogen) atoms. The quantitative estimate of drug-likeness (QED) is 0.695. The molecule has 0 bridgehead atoms. The number of aromatic nitrogens is 4. The third kappa shape index (κ3) is 5.16. The third-order valence-corrected chi connectivity index (χ3v) is 3.56. The molecule has 0 aromatic carbocycles. The molecule has 2 aromatic heterocycles. The molecule has 2 aromatic rings. The first-order chi connectivity index (χ1) is 11.5. The average molecular weight is 334 g/mol. The van der Waals surface area contributed by atoms with E-state index in [9.17, 15) is 4.79 Å². The van der Waals surface area contributed by atoms with Gasteiger partial charge in [0.05, 0.1) is 5.69 Å². The molecule has 2 heterocycles. The van der Waals surface area contributed by atoms with E-state index in [1.165, 1.54) is 0 Å². The summed E-state index contributed by atoms with van der Waals surface area (Å²) in [7, 11) is 4.03. The van der Waals surface area contributed by atoms with Crippen molar-refractivity contribution in [2.24, 2.45) is 0 Å². The van der Waals surface area contributed by atoms with Crippen LogP contribution in [0.4, 0.5) is 0 Å². The van der Waals surface area contributed by atoms with E-state index in [0.717, 1.165) is 30.9 Å². The van der Waals surface area contributed by atoms with Crippen LogP contribution in [0.3, 0.4) is 0 Å². The number of hydrogen-bond donors (Lipinski definition) is 1. The molecule has 132 valence electrons. The van der Waals surface area contributed by atoms with Gasteiger partial charge >= 0.3 is 0 Å². The van der Waals surface area contributed by atoms with Crippen LogP contribution in [0, 0.1) is 6.92 Å². The Balaban J connectivity index is 1.82. The minimum Gasteiger partial charge on any atom is -0.419 e.